The van der Waals surface area contributed by atoms with Gasteiger partial charge in [-0.1, -0.05) is 0 Å². The minimum absolute atomic E-state index is 0.122. The van der Waals surface area contributed by atoms with Crippen molar-refractivity contribution in [1.29, 1.82) is 0 Å². The Hall–Kier alpha value is -3.17. The fraction of sp³-hybridized carbons (Fsp3) is 0.182. The maximum Gasteiger partial charge on any atom is 0.337 e. The molecule has 0 aliphatic rings. The van der Waals surface area contributed by atoms with E-state index in [1.807, 2.05) is 10.9 Å². The molecule has 4 N–H and O–H groups in total. The molecule has 0 bridgehead atoms. The molecule has 0 radical (unpaired) electrons. The molecule has 1 aromatic rings. The van der Waals surface area contributed by atoms with E-state index < -0.39 is 22.8 Å². The summed E-state index contributed by atoms with van der Waals surface area (Å²) >= 11 is 0. The molecule has 10 heteroatoms. The topological polar surface area (TPSA) is 151 Å². The van der Waals surface area contributed by atoms with Gasteiger partial charge in [-0.3, -0.25) is 25.1 Å². The van der Waals surface area contributed by atoms with Gasteiger partial charge < -0.3 is 10.4 Å². The number of aliphatic carboxylic acids is 1. The molecule has 0 saturated heterocycles. The first kappa shape index (κ1) is 15.9. The lowest BCUT2D eigenvalue weighted by atomic mass is 10.3. The van der Waals surface area contributed by atoms with Crippen molar-refractivity contribution in [1.82, 2.24) is 10.9 Å². The third kappa shape index (κ3) is 6.00. The van der Waals surface area contributed by atoms with Crippen LogP contribution in [0.25, 0.3) is 0 Å². The number of nitro groups is 1. The average Bonchev–Trinajstić information content (AvgIpc) is 2.43. The van der Waals surface area contributed by atoms with Crippen molar-refractivity contribution in [2.24, 2.45) is 0 Å². The number of carboxylic acids is 1. The smallest absolute Gasteiger partial charge is 0.337 e. The Morgan fingerprint density at radius 2 is 1.71 bits per heavy atom. The number of hydrogen-bond acceptors (Lipinski definition) is 5. The first-order valence-corrected chi connectivity index (χ1v) is 5.70. The second-order valence-electron chi connectivity index (χ2n) is 3.83. The number of nitro benzene ring substituents is 1. The van der Waals surface area contributed by atoms with Crippen molar-refractivity contribution in [3.05, 3.63) is 34.4 Å². The number of carbonyl (C=O) groups is 3. The van der Waals surface area contributed by atoms with Gasteiger partial charge in [0.25, 0.3) is 5.69 Å². The predicted molar refractivity (Wildman–Crippen MR) is 70.3 cm³/mol. The lowest BCUT2D eigenvalue weighted by molar-refractivity contribution is -0.384. The Morgan fingerprint density at radius 1 is 1.10 bits per heavy atom. The van der Waals surface area contributed by atoms with Crippen LogP contribution in [0.2, 0.25) is 0 Å². The number of carbonyl (C=O) groups excluding carboxylic acids is 2. The first-order valence-electron chi connectivity index (χ1n) is 5.70. The molecule has 0 aliphatic carbocycles. The Morgan fingerprint density at radius 3 is 2.24 bits per heavy atom. The summed E-state index contributed by atoms with van der Waals surface area (Å²) in [4.78, 5) is 42.6. The molecule has 0 saturated carbocycles. The zero-order valence-corrected chi connectivity index (χ0v) is 10.7. The van der Waals surface area contributed by atoms with Gasteiger partial charge in [0, 0.05) is 24.2 Å². The molecule has 112 valence electrons. The number of non-ortho nitro benzene ring substituents is 1. The van der Waals surface area contributed by atoms with Crippen molar-refractivity contribution in [3.8, 4) is 0 Å². The van der Waals surface area contributed by atoms with Crippen LogP contribution in [-0.2, 0) is 9.59 Å². The highest BCUT2D eigenvalue weighted by molar-refractivity contribution is 5.91. The average molecular weight is 296 g/mol. The third-order valence-corrected chi connectivity index (χ3v) is 2.22. The molecule has 1 rings (SSSR count). The molecule has 0 fully saturated rings. The highest BCUT2D eigenvalue weighted by Crippen LogP contribution is 2.14. The number of amides is 3. The van der Waals surface area contributed by atoms with Gasteiger partial charge in [-0.25, -0.2) is 10.2 Å². The summed E-state index contributed by atoms with van der Waals surface area (Å²) in [5.41, 5.74) is 4.20. The van der Waals surface area contributed by atoms with Crippen LogP contribution in [-0.4, -0.2) is 27.9 Å². The molecular weight excluding hydrogens is 284 g/mol. The van der Waals surface area contributed by atoms with Crippen LogP contribution in [0.1, 0.15) is 12.8 Å². The second-order valence-corrected chi connectivity index (χ2v) is 3.83. The molecule has 0 aromatic heterocycles. The van der Waals surface area contributed by atoms with Gasteiger partial charge in [-0.15, -0.1) is 0 Å². The van der Waals surface area contributed by atoms with Crippen LogP contribution in [0.15, 0.2) is 24.3 Å². The predicted octanol–water partition coefficient (Wildman–Crippen LogP) is 0.612. The zero-order valence-electron chi connectivity index (χ0n) is 10.7. The van der Waals surface area contributed by atoms with Gasteiger partial charge in [0.1, 0.15) is 0 Å². The van der Waals surface area contributed by atoms with Crippen LogP contribution in [0.4, 0.5) is 16.2 Å². The highest BCUT2D eigenvalue weighted by atomic mass is 16.6. The number of anilines is 1. The largest absolute Gasteiger partial charge is 0.481 e. The van der Waals surface area contributed by atoms with Crippen molar-refractivity contribution in [2.45, 2.75) is 12.8 Å². The Labute approximate surface area is 118 Å². The van der Waals surface area contributed by atoms with E-state index in [0.29, 0.717) is 0 Å². The number of rotatable bonds is 5. The Balaban J connectivity index is 2.38. The van der Waals surface area contributed by atoms with E-state index in [0.717, 1.165) is 0 Å². The van der Waals surface area contributed by atoms with E-state index in [1.54, 1.807) is 0 Å². The van der Waals surface area contributed by atoms with E-state index in [2.05, 4.69) is 5.32 Å². The van der Waals surface area contributed by atoms with Gasteiger partial charge in [0.15, 0.2) is 0 Å². The zero-order chi connectivity index (χ0) is 15.8. The lowest BCUT2D eigenvalue weighted by Crippen LogP contribution is -2.43. The maximum atomic E-state index is 11.4. The highest BCUT2D eigenvalue weighted by Gasteiger charge is 2.08. The molecule has 0 heterocycles. The van der Waals surface area contributed by atoms with Crippen molar-refractivity contribution in [2.75, 3.05) is 5.32 Å². The Kier molecular flexibility index (Phi) is 5.62. The molecule has 0 atom stereocenters. The molecule has 0 aliphatic heterocycles. The van der Waals surface area contributed by atoms with Gasteiger partial charge >= 0.3 is 12.0 Å². The summed E-state index contributed by atoms with van der Waals surface area (Å²) in [7, 11) is 0. The summed E-state index contributed by atoms with van der Waals surface area (Å²) in [5, 5.41) is 21.1. The van der Waals surface area contributed by atoms with E-state index in [4.69, 9.17) is 5.11 Å². The number of nitrogens with zero attached hydrogens (tertiary/aromatic N) is 1. The van der Waals surface area contributed by atoms with Gasteiger partial charge in [0.05, 0.1) is 11.3 Å². The number of benzene rings is 1. The van der Waals surface area contributed by atoms with Crippen LogP contribution in [0.3, 0.4) is 0 Å². The summed E-state index contributed by atoms with van der Waals surface area (Å²) in [6, 6.07) is 4.29. The normalized spacial score (nSPS) is 9.52. The lowest BCUT2D eigenvalue weighted by Gasteiger charge is -2.08. The molecule has 3 amide bonds. The van der Waals surface area contributed by atoms with Crippen molar-refractivity contribution >= 4 is 29.3 Å². The summed E-state index contributed by atoms with van der Waals surface area (Å²) in [5.74, 6) is -1.78. The molecular formula is C11H12N4O6. The fourth-order valence-corrected chi connectivity index (χ4v) is 1.24. The van der Waals surface area contributed by atoms with Crippen molar-refractivity contribution in [3.63, 3.8) is 0 Å². The first-order chi connectivity index (χ1) is 9.88. The standard InChI is InChI=1S/C11H12N4O6/c16-9(5-6-10(17)18)13-14-11(19)12-7-1-3-8(4-2-7)15(20)21/h1-4H,5-6H2,(H,13,16)(H,17,18)(H2,12,14,19). The minimum Gasteiger partial charge on any atom is -0.481 e. The van der Waals surface area contributed by atoms with Gasteiger partial charge in [-0.05, 0) is 12.1 Å². The van der Waals surface area contributed by atoms with Crippen LogP contribution < -0.4 is 16.2 Å². The van der Waals surface area contributed by atoms with E-state index >= 15 is 0 Å². The summed E-state index contributed by atoms with van der Waals surface area (Å²) in [6.07, 6.45) is -0.620. The minimum atomic E-state index is -1.12. The van der Waals surface area contributed by atoms with Gasteiger partial charge in [-0.2, -0.15) is 0 Å². The third-order valence-electron chi connectivity index (χ3n) is 2.22. The second kappa shape index (κ2) is 7.43. The number of hydrogen-bond donors (Lipinski definition) is 4. The SMILES string of the molecule is O=C(O)CCC(=O)NNC(=O)Nc1ccc([N+](=O)[O-])cc1. The van der Waals surface area contributed by atoms with E-state index in [9.17, 15) is 24.5 Å². The molecule has 0 spiro atoms. The molecule has 21 heavy (non-hydrogen) atoms. The molecule has 10 nitrogen and oxygen atoms in total. The summed E-state index contributed by atoms with van der Waals surface area (Å²) in [6.45, 7) is 0. The number of nitrogens with one attached hydrogen (secondary N) is 3. The quantitative estimate of drug-likeness (QED) is 0.461. The van der Waals surface area contributed by atoms with Gasteiger partial charge in [0.2, 0.25) is 5.91 Å². The van der Waals surface area contributed by atoms with Crippen LogP contribution in [0, 0.1) is 10.1 Å². The number of hydrazine groups is 1. The molecule has 0 unspecified atom stereocenters. The monoisotopic (exact) mass is 296 g/mol. The van der Waals surface area contributed by atoms with Crippen LogP contribution in [0.5, 0.6) is 0 Å². The fourth-order valence-electron chi connectivity index (χ4n) is 1.24. The van der Waals surface area contributed by atoms with Crippen LogP contribution >= 0.6 is 0 Å². The Bertz CT molecular complexity index is 556. The number of urea groups is 1. The molecule has 1 aromatic carbocycles. The number of carboxylic acid groups (broad SMARTS) is 1. The maximum absolute atomic E-state index is 11.4. The summed E-state index contributed by atoms with van der Waals surface area (Å²) < 4.78 is 0. The van der Waals surface area contributed by atoms with Crippen molar-refractivity contribution < 1.29 is 24.4 Å². The van der Waals surface area contributed by atoms with E-state index in [-0.39, 0.29) is 24.2 Å². The van der Waals surface area contributed by atoms with E-state index in [1.165, 1.54) is 24.3 Å².